The van der Waals surface area contributed by atoms with E-state index in [2.05, 4.69) is 17.2 Å². The Labute approximate surface area is 106 Å². The predicted octanol–water partition coefficient (Wildman–Crippen LogP) is 1.68. The maximum absolute atomic E-state index is 11.3. The molecule has 0 saturated carbocycles. The molecule has 1 unspecified atom stereocenters. The molecule has 1 fully saturated rings. The Morgan fingerprint density at radius 1 is 1.47 bits per heavy atom. The molecule has 0 aliphatic carbocycles. The van der Waals surface area contributed by atoms with Crippen molar-refractivity contribution >= 4 is 21.2 Å². The first-order valence-corrected chi connectivity index (χ1v) is 8.54. The quantitative estimate of drug-likeness (QED) is 0.911. The molecule has 0 aromatic carbocycles. The number of rotatable bonds is 3. The van der Waals surface area contributed by atoms with Crippen LogP contribution >= 0.6 is 11.3 Å². The van der Waals surface area contributed by atoms with Crippen LogP contribution in [0.2, 0.25) is 0 Å². The molecular formula is C11H18N2O2S2. The van der Waals surface area contributed by atoms with Crippen molar-refractivity contribution in [3.05, 3.63) is 16.1 Å². The SMILES string of the molecule is Cc1ncsc1C(C)NC1CCS(=O)(=O)CC1. The Kier molecular flexibility index (Phi) is 3.85. The van der Waals surface area contributed by atoms with E-state index in [1.165, 1.54) is 4.88 Å². The standard InChI is InChI=1S/C11H18N2O2S2/c1-8-11(16-7-12-8)9(2)13-10-3-5-17(14,15)6-4-10/h7,9-10,13H,3-6H2,1-2H3. The maximum Gasteiger partial charge on any atom is 0.150 e. The number of nitrogens with one attached hydrogen (secondary N) is 1. The molecule has 1 saturated heterocycles. The van der Waals surface area contributed by atoms with Crippen LogP contribution in [0.5, 0.6) is 0 Å². The molecule has 0 spiro atoms. The Bertz CT molecular complexity index is 467. The molecule has 0 radical (unpaired) electrons. The lowest BCUT2D eigenvalue weighted by Gasteiger charge is -2.26. The molecule has 17 heavy (non-hydrogen) atoms. The fourth-order valence-corrected chi connectivity index (χ4v) is 4.52. The zero-order valence-electron chi connectivity index (χ0n) is 10.1. The summed E-state index contributed by atoms with van der Waals surface area (Å²) in [6.07, 6.45) is 1.45. The van der Waals surface area contributed by atoms with E-state index in [-0.39, 0.29) is 6.04 Å². The number of thiazole rings is 1. The molecule has 2 rings (SSSR count). The molecule has 1 aromatic heterocycles. The van der Waals surface area contributed by atoms with Gasteiger partial charge >= 0.3 is 0 Å². The Morgan fingerprint density at radius 3 is 2.65 bits per heavy atom. The van der Waals surface area contributed by atoms with E-state index in [1.807, 2.05) is 12.4 Å². The summed E-state index contributed by atoms with van der Waals surface area (Å²) in [4.78, 5) is 5.49. The fourth-order valence-electron chi connectivity index (χ4n) is 2.21. The molecule has 0 bridgehead atoms. The lowest BCUT2D eigenvalue weighted by atomic mass is 10.1. The van der Waals surface area contributed by atoms with Crippen LogP contribution < -0.4 is 5.32 Å². The van der Waals surface area contributed by atoms with Crippen LogP contribution in [0.3, 0.4) is 0 Å². The minimum atomic E-state index is -2.76. The third-order valence-corrected chi connectivity index (χ3v) is 6.05. The fraction of sp³-hybridized carbons (Fsp3) is 0.727. The summed E-state index contributed by atoms with van der Waals surface area (Å²) in [5, 5.41) is 3.51. The van der Waals surface area contributed by atoms with E-state index in [4.69, 9.17) is 0 Å². The highest BCUT2D eigenvalue weighted by molar-refractivity contribution is 7.91. The number of aromatic nitrogens is 1. The largest absolute Gasteiger partial charge is 0.307 e. The first kappa shape index (κ1) is 13.0. The third-order valence-electron chi connectivity index (χ3n) is 3.22. The summed E-state index contributed by atoms with van der Waals surface area (Å²) < 4.78 is 22.7. The molecule has 2 heterocycles. The molecule has 0 amide bonds. The summed E-state index contributed by atoms with van der Waals surface area (Å²) in [5.41, 5.74) is 2.92. The molecule has 4 nitrogen and oxygen atoms in total. The van der Waals surface area contributed by atoms with Crippen LogP contribution in [0.4, 0.5) is 0 Å². The van der Waals surface area contributed by atoms with Crippen molar-refractivity contribution < 1.29 is 8.42 Å². The Morgan fingerprint density at radius 2 is 2.12 bits per heavy atom. The van der Waals surface area contributed by atoms with Crippen molar-refractivity contribution in [3.63, 3.8) is 0 Å². The van der Waals surface area contributed by atoms with E-state index in [9.17, 15) is 8.42 Å². The van der Waals surface area contributed by atoms with Crippen LogP contribution in [0.25, 0.3) is 0 Å². The molecule has 1 atom stereocenters. The summed E-state index contributed by atoms with van der Waals surface area (Å²) in [6.45, 7) is 4.12. The first-order chi connectivity index (χ1) is 7.98. The van der Waals surface area contributed by atoms with Gasteiger partial charge in [0.05, 0.1) is 22.7 Å². The average Bonchev–Trinajstić information content (AvgIpc) is 2.68. The van der Waals surface area contributed by atoms with E-state index >= 15 is 0 Å². The normalized spacial score (nSPS) is 22.5. The van der Waals surface area contributed by atoms with Gasteiger partial charge in [0.2, 0.25) is 0 Å². The van der Waals surface area contributed by atoms with Crippen molar-refractivity contribution in [2.75, 3.05) is 11.5 Å². The van der Waals surface area contributed by atoms with Gasteiger partial charge in [-0.3, -0.25) is 0 Å². The molecular weight excluding hydrogens is 256 g/mol. The number of sulfone groups is 1. The predicted molar refractivity (Wildman–Crippen MR) is 70.1 cm³/mol. The summed E-state index contributed by atoms with van der Waals surface area (Å²) in [6, 6.07) is 0.573. The van der Waals surface area contributed by atoms with Crippen LogP contribution in [-0.4, -0.2) is 30.9 Å². The highest BCUT2D eigenvalue weighted by Gasteiger charge is 2.25. The smallest absolute Gasteiger partial charge is 0.150 e. The first-order valence-electron chi connectivity index (χ1n) is 5.84. The van der Waals surface area contributed by atoms with E-state index in [1.54, 1.807) is 11.3 Å². The molecule has 1 aliphatic rings. The Balaban J connectivity index is 1.92. The highest BCUT2D eigenvalue weighted by atomic mass is 32.2. The van der Waals surface area contributed by atoms with Gasteiger partial charge < -0.3 is 5.32 Å². The molecule has 1 N–H and O–H groups in total. The highest BCUT2D eigenvalue weighted by Crippen LogP contribution is 2.23. The van der Waals surface area contributed by atoms with Crippen LogP contribution in [0.1, 0.15) is 36.4 Å². The number of hydrogen-bond donors (Lipinski definition) is 1. The topological polar surface area (TPSA) is 59.1 Å². The molecule has 1 aliphatic heterocycles. The van der Waals surface area contributed by atoms with Crippen LogP contribution in [0, 0.1) is 6.92 Å². The number of aryl methyl sites for hydroxylation is 1. The third kappa shape index (κ3) is 3.26. The Hall–Kier alpha value is -0.460. The van der Waals surface area contributed by atoms with E-state index in [0.29, 0.717) is 17.5 Å². The van der Waals surface area contributed by atoms with Crippen molar-refractivity contribution in [2.24, 2.45) is 0 Å². The van der Waals surface area contributed by atoms with Crippen LogP contribution in [-0.2, 0) is 9.84 Å². The van der Waals surface area contributed by atoms with Gasteiger partial charge in [-0.2, -0.15) is 0 Å². The minimum Gasteiger partial charge on any atom is -0.307 e. The van der Waals surface area contributed by atoms with Gasteiger partial charge in [0.1, 0.15) is 9.84 Å². The van der Waals surface area contributed by atoms with E-state index < -0.39 is 9.84 Å². The van der Waals surface area contributed by atoms with Crippen molar-refractivity contribution in [3.8, 4) is 0 Å². The van der Waals surface area contributed by atoms with Gasteiger partial charge in [0, 0.05) is 17.0 Å². The van der Waals surface area contributed by atoms with Gasteiger partial charge in [-0.15, -0.1) is 11.3 Å². The molecule has 96 valence electrons. The maximum atomic E-state index is 11.3. The van der Waals surface area contributed by atoms with Gasteiger partial charge in [-0.05, 0) is 26.7 Å². The van der Waals surface area contributed by atoms with Crippen molar-refractivity contribution in [1.82, 2.24) is 10.3 Å². The lowest BCUT2D eigenvalue weighted by Crippen LogP contribution is -2.38. The number of hydrogen-bond acceptors (Lipinski definition) is 5. The van der Waals surface area contributed by atoms with Crippen molar-refractivity contribution in [2.45, 2.75) is 38.8 Å². The van der Waals surface area contributed by atoms with Gasteiger partial charge in [0.15, 0.2) is 0 Å². The molecule has 6 heteroatoms. The van der Waals surface area contributed by atoms with E-state index in [0.717, 1.165) is 18.5 Å². The monoisotopic (exact) mass is 274 g/mol. The average molecular weight is 274 g/mol. The summed E-state index contributed by atoms with van der Waals surface area (Å²) in [7, 11) is -2.76. The zero-order valence-corrected chi connectivity index (χ0v) is 11.8. The van der Waals surface area contributed by atoms with Crippen molar-refractivity contribution in [1.29, 1.82) is 0 Å². The zero-order chi connectivity index (χ0) is 12.5. The summed E-state index contributed by atoms with van der Waals surface area (Å²) >= 11 is 1.65. The van der Waals surface area contributed by atoms with Gasteiger partial charge in [-0.1, -0.05) is 0 Å². The van der Waals surface area contributed by atoms with Gasteiger partial charge in [0.25, 0.3) is 0 Å². The molecule has 1 aromatic rings. The number of nitrogens with zero attached hydrogens (tertiary/aromatic N) is 1. The van der Waals surface area contributed by atoms with Crippen LogP contribution in [0.15, 0.2) is 5.51 Å². The lowest BCUT2D eigenvalue weighted by molar-refractivity contribution is 0.422. The second kappa shape index (κ2) is 5.04. The second-order valence-corrected chi connectivity index (χ2v) is 7.81. The second-order valence-electron chi connectivity index (χ2n) is 4.62. The minimum absolute atomic E-state index is 0.258. The van der Waals surface area contributed by atoms with Gasteiger partial charge in [-0.25, -0.2) is 13.4 Å². The summed E-state index contributed by atoms with van der Waals surface area (Å²) in [5.74, 6) is 0.637.